The largest absolute Gasteiger partial charge is 0.481 e. The van der Waals surface area contributed by atoms with Gasteiger partial charge in [-0.05, 0) is 73.4 Å². The standard InChI is InChI=1S/C24H26N6O5/c25-23(34)27-18-2-1-3-19(13-18)28-24-30-29-22(35-24)21(33)26-17-10-8-16(9-11-17)15-6-4-14(5-7-15)12-20(31)32/h1-3,8-11,13-15H,4-7,12H2,(H,26,33)(H,28,30)(H,31,32)(H3,25,27,34)/t14-,15-. The second kappa shape index (κ2) is 10.7. The van der Waals surface area contributed by atoms with Gasteiger partial charge in [-0.3, -0.25) is 9.59 Å². The molecule has 0 radical (unpaired) electrons. The number of hydrogen-bond acceptors (Lipinski definition) is 7. The zero-order valence-corrected chi connectivity index (χ0v) is 18.9. The topological polar surface area (TPSA) is 172 Å². The van der Waals surface area contributed by atoms with Gasteiger partial charge in [0, 0.05) is 23.5 Å². The van der Waals surface area contributed by atoms with Crippen LogP contribution in [-0.2, 0) is 4.79 Å². The second-order valence-corrected chi connectivity index (χ2v) is 8.50. The minimum absolute atomic E-state index is 0.0141. The molecule has 3 aromatic rings. The van der Waals surface area contributed by atoms with Gasteiger partial charge in [0.05, 0.1) is 0 Å². The fourth-order valence-electron chi connectivity index (χ4n) is 4.28. The van der Waals surface area contributed by atoms with Gasteiger partial charge in [0.2, 0.25) is 0 Å². The van der Waals surface area contributed by atoms with Crippen molar-refractivity contribution >= 4 is 41.0 Å². The molecule has 1 heterocycles. The molecule has 0 unspecified atom stereocenters. The average molecular weight is 479 g/mol. The number of carboxylic acid groups (broad SMARTS) is 1. The van der Waals surface area contributed by atoms with Gasteiger partial charge in [-0.15, -0.1) is 5.10 Å². The molecule has 35 heavy (non-hydrogen) atoms. The van der Waals surface area contributed by atoms with E-state index in [1.807, 2.05) is 24.3 Å². The lowest BCUT2D eigenvalue weighted by atomic mass is 9.77. The van der Waals surface area contributed by atoms with Gasteiger partial charge in [-0.1, -0.05) is 23.3 Å². The number of amides is 3. The smallest absolute Gasteiger partial charge is 0.320 e. The van der Waals surface area contributed by atoms with E-state index >= 15 is 0 Å². The third kappa shape index (κ3) is 6.56. The normalized spacial score (nSPS) is 17.4. The van der Waals surface area contributed by atoms with Crippen LogP contribution in [0, 0.1) is 5.92 Å². The fraction of sp³-hybridized carbons (Fsp3) is 0.292. The molecule has 0 bridgehead atoms. The molecule has 0 atom stereocenters. The number of primary amides is 1. The van der Waals surface area contributed by atoms with Crippen LogP contribution in [0.15, 0.2) is 52.9 Å². The summed E-state index contributed by atoms with van der Waals surface area (Å²) < 4.78 is 5.40. The Morgan fingerprint density at radius 1 is 0.943 bits per heavy atom. The zero-order valence-electron chi connectivity index (χ0n) is 18.9. The molecular formula is C24H26N6O5. The molecule has 0 spiro atoms. The highest BCUT2D eigenvalue weighted by atomic mass is 16.4. The van der Waals surface area contributed by atoms with Crippen LogP contribution in [0.2, 0.25) is 0 Å². The van der Waals surface area contributed by atoms with Crippen molar-refractivity contribution in [1.29, 1.82) is 0 Å². The molecule has 4 rings (SSSR count). The molecule has 1 aromatic heterocycles. The lowest BCUT2D eigenvalue weighted by Gasteiger charge is -2.28. The van der Waals surface area contributed by atoms with Gasteiger partial charge in [0.25, 0.3) is 0 Å². The first-order valence-corrected chi connectivity index (χ1v) is 11.3. The van der Waals surface area contributed by atoms with Gasteiger partial charge in [-0.2, -0.15) is 0 Å². The Balaban J connectivity index is 1.31. The van der Waals surface area contributed by atoms with E-state index < -0.39 is 17.9 Å². The van der Waals surface area contributed by atoms with E-state index in [1.165, 1.54) is 5.56 Å². The summed E-state index contributed by atoms with van der Waals surface area (Å²) in [6.45, 7) is 0. The Hall–Kier alpha value is -4.41. The van der Waals surface area contributed by atoms with E-state index in [4.69, 9.17) is 15.3 Å². The molecule has 1 fully saturated rings. The average Bonchev–Trinajstić information content (AvgIpc) is 3.28. The summed E-state index contributed by atoms with van der Waals surface area (Å²) in [5.41, 5.74) is 7.93. The van der Waals surface area contributed by atoms with Crippen molar-refractivity contribution in [1.82, 2.24) is 10.2 Å². The highest BCUT2D eigenvalue weighted by molar-refractivity contribution is 6.00. The number of nitrogens with zero attached hydrogens (tertiary/aromatic N) is 2. The third-order valence-corrected chi connectivity index (χ3v) is 5.95. The van der Waals surface area contributed by atoms with E-state index in [-0.39, 0.29) is 24.2 Å². The zero-order chi connectivity index (χ0) is 24.8. The number of anilines is 4. The molecule has 2 aromatic carbocycles. The number of carboxylic acids is 1. The quantitative estimate of drug-likeness (QED) is 0.318. The second-order valence-electron chi connectivity index (χ2n) is 8.50. The number of aliphatic carboxylic acids is 1. The maximum atomic E-state index is 12.5. The van der Waals surface area contributed by atoms with Gasteiger partial charge in [0.15, 0.2) is 0 Å². The minimum Gasteiger partial charge on any atom is -0.481 e. The van der Waals surface area contributed by atoms with Crippen LogP contribution in [-0.4, -0.2) is 33.2 Å². The van der Waals surface area contributed by atoms with Crippen molar-refractivity contribution in [2.45, 2.75) is 38.0 Å². The lowest BCUT2D eigenvalue weighted by molar-refractivity contribution is -0.138. The molecule has 3 amide bonds. The van der Waals surface area contributed by atoms with E-state index in [0.717, 1.165) is 25.7 Å². The maximum Gasteiger partial charge on any atom is 0.320 e. The van der Waals surface area contributed by atoms with Crippen LogP contribution in [0.5, 0.6) is 0 Å². The van der Waals surface area contributed by atoms with E-state index in [0.29, 0.717) is 23.0 Å². The number of urea groups is 1. The van der Waals surface area contributed by atoms with Crippen molar-refractivity contribution in [3.8, 4) is 0 Å². The monoisotopic (exact) mass is 478 g/mol. The lowest BCUT2D eigenvalue weighted by Crippen LogP contribution is -2.19. The highest BCUT2D eigenvalue weighted by Crippen LogP contribution is 2.37. The molecule has 11 heteroatoms. The number of carbonyl (C=O) groups is 3. The molecule has 0 saturated heterocycles. The molecule has 6 N–H and O–H groups in total. The Labute approximate surface area is 201 Å². The van der Waals surface area contributed by atoms with Crippen LogP contribution >= 0.6 is 0 Å². The van der Waals surface area contributed by atoms with Gasteiger partial charge in [-0.25, -0.2) is 4.79 Å². The van der Waals surface area contributed by atoms with Crippen molar-refractivity contribution in [3.63, 3.8) is 0 Å². The summed E-state index contributed by atoms with van der Waals surface area (Å²) in [5.74, 6) is -0.835. The van der Waals surface area contributed by atoms with Crippen LogP contribution in [0.4, 0.5) is 27.9 Å². The Bertz CT molecular complexity index is 1200. The fourth-order valence-corrected chi connectivity index (χ4v) is 4.28. The molecule has 1 aliphatic carbocycles. The van der Waals surface area contributed by atoms with Crippen molar-refractivity contribution in [3.05, 3.63) is 60.0 Å². The third-order valence-electron chi connectivity index (χ3n) is 5.95. The number of nitrogens with two attached hydrogens (primary N) is 1. The van der Waals surface area contributed by atoms with Crippen molar-refractivity contribution in [2.24, 2.45) is 11.7 Å². The highest BCUT2D eigenvalue weighted by Gasteiger charge is 2.24. The van der Waals surface area contributed by atoms with Gasteiger partial charge in [0.1, 0.15) is 0 Å². The van der Waals surface area contributed by atoms with Crippen LogP contribution in [0.3, 0.4) is 0 Å². The summed E-state index contributed by atoms with van der Waals surface area (Å²) in [6, 6.07) is 13.6. The van der Waals surface area contributed by atoms with Crippen LogP contribution in [0.25, 0.3) is 0 Å². The number of aromatic nitrogens is 2. The predicted molar refractivity (Wildman–Crippen MR) is 129 cm³/mol. The summed E-state index contributed by atoms with van der Waals surface area (Å²) >= 11 is 0. The van der Waals surface area contributed by atoms with Crippen molar-refractivity contribution in [2.75, 3.05) is 16.0 Å². The van der Waals surface area contributed by atoms with E-state index in [2.05, 4.69) is 26.1 Å². The first-order valence-electron chi connectivity index (χ1n) is 11.3. The van der Waals surface area contributed by atoms with Crippen molar-refractivity contribution < 1.29 is 23.9 Å². The first kappa shape index (κ1) is 23.7. The molecule has 1 saturated carbocycles. The Morgan fingerprint density at radius 3 is 2.34 bits per heavy atom. The molecule has 182 valence electrons. The maximum absolute atomic E-state index is 12.5. The molecule has 11 nitrogen and oxygen atoms in total. The minimum atomic E-state index is -0.732. The van der Waals surface area contributed by atoms with E-state index in [1.54, 1.807) is 24.3 Å². The number of carbonyl (C=O) groups excluding carboxylic acids is 2. The van der Waals surface area contributed by atoms with E-state index in [9.17, 15) is 14.4 Å². The van der Waals surface area contributed by atoms with Crippen LogP contribution < -0.4 is 21.7 Å². The number of benzene rings is 2. The SMILES string of the molecule is NC(=O)Nc1cccc(Nc2nnc(C(=O)Nc3ccc([C@H]4CC[C@H](CC(=O)O)CC4)cc3)o2)c1. The molecule has 0 aliphatic heterocycles. The van der Waals surface area contributed by atoms with Crippen LogP contribution in [0.1, 0.15) is 54.3 Å². The Morgan fingerprint density at radius 2 is 1.66 bits per heavy atom. The summed E-state index contributed by atoms with van der Waals surface area (Å²) in [7, 11) is 0. The van der Waals surface area contributed by atoms with Gasteiger partial charge < -0.3 is 31.2 Å². The number of rotatable bonds is 8. The summed E-state index contributed by atoms with van der Waals surface area (Å²) in [6.07, 6.45) is 3.99. The molecular weight excluding hydrogens is 452 g/mol. The Kier molecular flexibility index (Phi) is 7.24. The summed E-state index contributed by atoms with van der Waals surface area (Å²) in [4.78, 5) is 34.4. The predicted octanol–water partition coefficient (Wildman–Crippen LogP) is 4.30. The molecule has 1 aliphatic rings. The summed E-state index contributed by atoms with van der Waals surface area (Å²) in [5, 5.41) is 24.6. The first-order chi connectivity index (χ1) is 16.9. The number of nitrogens with one attached hydrogen (secondary N) is 3. The van der Waals surface area contributed by atoms with Gasteiger partial charge >= 0.3 is 29.8 Å². The number of hydrogen-bond donors (Lipinski definition) is 5.